The fraction of sp³-hybridized carbons (Fsp3) is 0.290. The minimum Gasteiger partial charge on any atom is -0.493 e. The average Bonchev–Trinajstić information content (AvgIpc) is 2.95. The number of carbonyl (C=O) groups excluding carboxylic acids is 1. The maximum absolute atomic E-state index is 13.0. The Morgan fingerprint density at radius 2 is 1.77 bits per heavy atom. The van der Waals surface area contributed by atoms with Crippen LogP contribution in [0.25, 0.3) is 0 Å². The van der Waals surface area contributed by atoms with Crippen molar-refractivity contribution < 1.29 is 28.5 Å². The number of benzene rings is 3. The lowest BCUT2D eigenvalue weighted by Crippen LogP contribution is -2.21. The number of esters is 1. The summed E-state index contributed by atoms with van der Waals surface area (Å²) in [6.45, 7) is 5.16. The van der Waals surface area contributed by atoms with Gasteiger partial charge in [0.05, 0.1) is 26.2 Å². The van der Waals surface area contributed by atoms with Gasteiger partial charge in [0.2, 0.25) is 5.88 Å². The summed E-state index contributed by atoms with van der Waals surface area (Å²) in [5, 5.41) is 9.93. The second-order valence-electron chi connectivity index (χ2n) is 8.97. The largest absolute Gasteiger partial charge is 0.493 e. The summed E-state index contributed by atoms with van der Waals surface area (Å²) in [6, 6.07) is 19.7. The van der Waals surface area contributed by atoms with E-state index in [1.54, 1.807) is 49.6 Å². The minimum absolute atomic E-state index is 0.0148. The normalized spacial score (nSPS) is 14.1. The molecule has 8 nitrogen and oxygen atoms in total. The standard InChI is InChI=1S/C31H32N2O6/c1-4-6-16-37-26-14-11-20(17-28(26)35-3)29-22-13-12-21(18-27(22)39-30(33)24(29)19-32)38-31(34)23-9-7-8-10-25(23)36-15-5-2/h7-14,17-18,29H,4-6,15-16,33H2,1-3H3. The number of fused-ring (bicyclic) bond motifs is 1. The molecule has 0 amide bonds. The van der Waals surface area contributed by atoms with Crippen LogP contribution >= 0.6 is 0 Å². The van der Waals surface area contributed by atoms with Gasteiger partial charge in [-0.3, -0.25) is 0 Å². The quantitative estimate of drug-likeness (QED) is 0.180. The zero-order valence-electron chi connectivity index (χ0n) is 22.4. The molecule has 4 rings (SSSR count). The molecule has 202 valence electrons. The van der Waals surface area contributed by atoms with E-state index in [0.29, 0.717) is 47.3 Å². The molecule has 0 fully saturated rings. The average molecular weight is 529 g/mol. The zero-order valence-corrected chi connectivity index (χ0v) is 22.4. The van der Waals surface area contributed by atoms with Gasteiger partial charge in [-0.2, -0.15) is 5.26 Å². The van der Waals surface area contributed by atoms with Crippen LogP contribution < -0.4 is 29.4 Å². The first-order chi connectivity index (χ1) is 19.0. The van der Waals surface area contributed by atoms with Crippen molar-refractivity contribution in [2.45, 2.75) is 39.0 Å². The third-order valence-electron chi connectivity index (χ3n) is 6.25. The van der Waals surface area contributed by atoms with Gasteiger partial charge in [-0.1, -0.05) is 44.5 Å². The van der Waals surface area contributed by atoms with Crippen molar-refractivity contribution in [3.8, 4) is 34.8 Å². The molecule has 3 aromatic carbocycles. The highest BCUT2D eigenvalue weighted by Gasteiger charge is 2.32. The second-order valence-corrected chi connectivity index (χ2v) is 8.97. The summed E-state index contributed by atoms with van der Waals surface area (Å²) in [5.74, 6) is 1.22. The highest BCUT2D eigenvalue weighted by atomic mass is 16.5. The van der Waals surface area contributed by atoms with Gasteiger partial charge in [-0.25, -0.2) is 4.79 Å². The third-order valence-corrected chi connectivity index (χ3v) is 6.25. The molecule has 3 aromatic rings. The predicted molar refractivity (Wildman–Crippen MR) is 146 cm³/mol. The Bertz CT molecular complexity index is 1410. The number of nitrogens with zero attached hydrogens (tertiary/aromatic N) is 1. The van der Waals surface area contributed by atoms with Crippen LogP contribution in [0.5, 0.6) is 28.7 Å². The number of carbonyl (C=O) groups is 1. The molecule has 0 saturated carbocycles. The van der Waals surface area contributed by atoms with Gasteiger partial charge in [0.1, 0.15) is 34.5 Å². The first-order valence-electron chi connectivity index (χ1n) is 13.0. The Labute approximate surface area is 228 Å². The number of unbranched alkanes of at least 4 members (excludes halogenated alkanes) is 1. The van der Waals surface area contributed by atoms with E-state index in [4.69, 9.17) is 29.4 Å². The van der Waals surface area contributed by atoms with E-state index in [1.807, 2.05) is 25.1 Å². The van der Waals surface area contributed by atoms with Crippen LogP contribution in [-0.2, 0) is 0 Å². The summed E-state index contributed by atoms with van der Waals surface area (Å²) in [4.78, 5) is 13.0. The summed E-state index contributed by atoms with van der Waals surface area (Å²) in [6.07, 6.45) is 2.76. The van der Waals surface area contributed by atoms with E-state index in [-0.39, 0.29) is 17.2 Å². The molecular formula is C31H32N2O6. The van der Waals surface area contributed by atoms with Crippen LogP contribution in [0, 0.1) is 11.3 Å². The Kier molecular flexibility index (Phi) is 8.95. The van der Waals surface area contributed by atoms with E-state index in [0.717, 1.165) is 24.8 Å². The van der Waals surface area contributed by atoms with E-state index < -0.39 is 11.9 Å². The molecule has 1 heterocycles. The van der Waals surface area contributed by atoms with Crippen LogP contribution in [0.3, 0.4) is 0 Å². The number of nitriles is 1. The van der Waals surface area contributed by atoms with Crippen molar-refractivity contribution in [2.24, 2.45) is 5.73 Å². The number of ether oxygens (including phenoxy) is 5. The highest BCUT2D eigenvalue weighted by Crippen LogP contribution is 2.45. The van der Waals surface area contributed by atoms with Crippen molar-refractivity contribution >= 4 is 5.97 Å². The number of nitrogens with two attached hydrogens (primary N) is 1. The Morgan fingerprint density at radius 1 is 0.974 bits per heavy atom. The van der Waals surface area contributed by atoms with Crippen LogP contribution in [0.4, 0.5) is 0 Å². The molecule has 1 unspecified atom stereocenters. The minimum atomic E-state index is -0.557. The number of para-hydroxylation sites is 1. The van der Waals surface area contributed by atoms with E-state index in [1.165, 1.54) is 0 Å². The first-order valence-corrected chi connectivity index (χ1v) is 13.0. The monoisotopic (exact) mass is 528 g/mol. The molecule has 2 N–H and O–H groups in total. The van der Waals surface area contributed by atoms with Gasteiger partial charge in [-0.05, 0) is 48.7 Å². The molecular weight excluding hydrogens is 496 g/mol. The fourth-order valence-corrected chi connectivity index (χ4v) is 4.29. The molecule has 0 radical (unpaired) electrons. The molecule has 0 bridgehead atoms. The highest BCUT2D eigenvalue weighted by molar-refractivity contribution is 5.94. The van der Waals surface area contributed by atoms with Crippen molar-refractivity contribution in [1.82, 2.24) is 0 Å². The molecule has 8 heteroatoms. The molecule has 39 heavy (non-hydrogen) atoms. The van der Waals surface area contributed by atoms with Gasteiger partial charge in [0.15, 0.2) is 11.5 Å². The Morgan fingerprint density at radius 3 is 2.51 bits per heavy atom. The van der Waals surface area contributed by atoms with Gasteiger partial charge < -0.3 is 29.4 Å². The van der Waals surface area contributed by atoms with E-state index >= 15 is 0 Å². The molecule has 1 atom stereocenters. The van der Waals surface area contributed by atoms with Gasteiger partial charge in [-0.15, -0.1) is 0 Å². The molecule has 0 spiro atoms. The summed E-state index contributed by atoms with van der Waals surface area (Å²) < 4.78 is 28.6. The van der Waals surface area contributed by atoms with Crippen molar-refractivity contribution in [3.63, 3.8) is 0 Å². The molecule has 0 saturated heterocycles. The van der Waals surface area contributed by atoms with Crippen molar-refractivity contribution in [1.29, 1.82) is 5.26 Å². The van der Waals surface area contributed by atoms with Crippen molar-refractivity contribution in [2.75, 3.05) is 20.3 Å². The molecule has 0 aromatic heterocycles. The van der Waals surface area contributed by atoms with Gasteiger partial charge >= 0.3 is 5.97 Å². The first kappa shape index (κ1) is 27.4. The molecule has 0 aliphatic carbocycles. The lowest BCUT2D eigenvalue weighted by molar-refractivity contribution is 0.0730. The van der Waals surface area contributed by atoms with Gasteiger partial charge in [0, 0.05) is 11.6 Å². The number of methoxy groups -OCH3 is 1. The lowest BCUT2D eigenvalue weighted by Gasteiger charge is -2.27. The summed E-state index contributed by atoms with van der Waals surface area (Å²) in [7, 11) is 1.57. The Balaban J connectivity index is 1.64. The summed E-state index contributed by atoms with van der Waals surface area (Å²) in [5.41, 5.74) is 8.26. The van der Waals surface area contributed by atoms with Gasteiger partial charge in [0.25, 0.3) is 0 Å². The smallest absolute Gasteiger partial charge is 0.347 e. The maximum Gasteiger partial charge on any atom is 0.347 e. The number of hydrogen-bond donors (Lipinski definition) is 1. The third kappa shape index (κ3) is 6.10. The molecule has 1 aliphatic heterocycles. The summed E-state index contributed by atoms with van der Waals surface area (Å²) >= 11 is 0. The van der Waals surface area contributed by atoms with Crippen LogP contribution in [-0.4, -0.2) is 26.3 Å². The van der Waals surface area contributed by atoms with Crippen molar-refractivity contribution in [3.05, 3.63) is 88.8 Å². The van der Waals surface area contributed by atoms with E-state index in [2.05, 4.69) is 13.0 Å². The Hall–Kier alpha value is -4.64. The van der Waals surface area contributed by atoms with Crippen LogP contribution in [0.1, 0.15) is 60.5 Å². The number of hydrogen-bond acceptors (Lipinski definition) is 8. The fourth-order valence-electron chi connectivity index (χ4n) is 4.29. The van der Waals surface area contributed by atoms with Crippen LogP contribution in [0.15, 0.2) is 72.1 Å². The van der Waals surface area contributed by atoms with Crippen LogP contribution in [0.2, 0.25) is 0 Å². The zero-order chi connectivity index (χ0) is 27.8. The van der Waals surface area contributed by atoms with E-state index in [9.17, 15) is 10.1 Å². The molecule has 1 aliphatic rings. The number of rotatable bonds is 11. The lowest BCUT2D eigenvalue weighted by atomic mass is 9.83. The number of allylic oxidation sites excluding steroid dienone is 1. The second kappa shape index (κ2) is 12.7. The predicted octanol–water partition coefficient (Wildman–Crippen LogP) is 6.10. The maximum atomic E-state index is 13.0. The SMILES string of the molecule is CCCCOc1ccc(C2C(C#N)=C(N)Oc3cc(OC(=O)c4ccccc4OCCC)ccc32)cc1OC. The topological polar surface area (TPSA) is 113 Å².